The van der Waals surface area contributed by atoms with Gasteiger partial charge in [-0.25, -0.2) is 0 Å². The van der Waals surface area contributed by atoms with E-state index < -0.39 is 0 Å². The molecule has 19 heavy (non-hydrogen) atoms. The first-order valence-electron chi connectivity index (χ1n) is 6.93. The summed E-state index contributed by atoms with van der Waals surface area (Å²) in [4.78, 5) is 6.76. The molecule has 1 saturated heterocycles. The fraction of sp³-hybridized carbons (Fsp3) is 0.643. The first kappa shape index (κ1) is 14.4. The minimum atomic E-state index is 0.0997. The number of rotatable bonds is 5. The Labute approximate surface area is 115 Å². The molecule has 0 radical (unpaired) electrons. The molecule has 5 heteroatoms. The average molecular weight is 264 g/mol. The molecule has 1 aromatic rings. The number of aromatic nitrogens is 1. The van der Waals surface area contributed by atoms with E-state index in [1.165, 1.54) is 5.56 Å². The van der Waals surface area contributed by atoms with E-state index in [1.54, 1.807) is 0 Å². The molecule has 0 spiro atoms. The molecule has 0 aromatic carbocycles. The number of hydrogen-bond acceptors (Lipinski definition) is 5. The molecule has 106 valence electrons. The minimum Gasteiger partial charge on any atom is -0.374 e. The minimum absolute atomic E-state index is 0.0997. The molecule has 1 aliphatic rings. The van der Waals surface area contributed by atoms with Gasteiger partial charge < -0.3 is 9.64 Å². The van der Waals surface area contributed by atoms with E-state index in [4.69, 9.17) is 10.6 Å². The van der Waals surface area contributed by atoms with Gasteiger partial charge in [-0.3, -0.25) is 16.3 Å². The van der Waals surface area contributed by atoms with Gasteiger partial charge in [0.15, 0.2) is 0 Å². The van der Waals surface area contributed by atoms with E-state index >= 15 is 0 Å². The highest BCUT2D eigenvalue weighted by Gasteiger charge is 2.26. The summed E-state index contributed by atoms with van der Waals surface area (Å²) in [5, 5.41) is 0. The van der Waals surface area contributed by atoms with E-state index in [1.807, 2.05) is 6.20 Å². The predicted octanol–water partition coefficient (Wildman–Crippen LogP) is 0.349. The number of nitrogens with one attached hydrogen (secondary N) is 1. The highest BCUT2D eigenvalue weighted by atomic mass is 16.5. The molecule has 1 fully saturated rings. The van der Waals surface area contributed by atoms with E-state index in [9.17, 15) is 0 Å². The molecule has 0 amide bonds. The van der Waals surface area contributed by atoms with Crippen molar-refractivity contribution in [2.24, 2.45) is 5.84 Å². The molecular formula is C14H24N4O. The number of pyridine rings is 1. The number of ether oxygens (including phenoxy) is 1. The second-order valence-electron chi connectivity index (χ2n) is 5.16. The molecule has 2 unspecified atom stereocenters. The molecule has 1 aliphatic heterocycles. The topological polar surface area (TPSA) is 63.4 Å². The van der Waals surface area contributed by atoms with Crippen LogP contribution in [-0.2, 0) is 17.6 Å². The number of aryl methyl sites for hydroxylation is 1. The summed E-state index contributed by atoms with van der Waals surface area (Å²) in [7, 11) is 2.11. The van der Waals surface area contributed by atoms with Crippen molar-refractivity contribution in [2.45, 2.75) is 31.9 Å². The number of hydrazine groups is 1. The van der Waals surface area contributed by atoms with Crippen molar-refractivity contribution in [3.05, 3.63) is 29.6 Å². The molecule has 0 bridgehead atoms. The smallest absolute Gasteiger partial charge is 0.0872 e. The number of morpholine rings is 1. The van der Waals surface area contributed by atoms with Crippen LogP contribution in [0, 0.1) is 0 Å². The molecule has 2 rings (SSSR count). The second-order valence-corrected chi connectivity index (χ2v) is 5.16. The van der Waals surface area contributed by atoms with Gasteiger partial charge in [-0.2, -0.15) is 0 Å². The Morgan fingerprint density at radius 3 is 3.00 bits per heavy atom. The Kier molecular flexibility index (Phi) is 5.27. The Bertz CT molecular complexity index is 382. The number of nitrogens with zero attached hydrogens (tertiary/aromatic N) is 2. The van der Waals surface area contributed by atoms with Crippen molar-refractivity contribution < 1.29 is 4.74 Å². The highest BCUT2D eigenvalue weighted by molar-refractivity contribution is 5.15. The SMILES string of the molecule is CCc1ccc(CC(NN)C2CN(C)CCO2)nc1. The van der Waals surface area contributed by atoms with Crippen molar-refractivity contribution in [1.82, 2.24) is 15.3 Å². The first-order valence-corrected chi connectivity index (χ1v) is 6.93. The Balaban J connectivity index is 1.97. The van der Waals surface area contributed by atoms with Crippen molar-refractivity contribution in [3.8, 4) is 0 Å². The molecule has 5 nitrogen and oxygen atoms in total. The standard InChI is InChI=1S/C14H24N4O/c1-3-11-4-5-12(16-9-11)8-13(17-15)14-10-18(2)6-7-19-14/h4-5,9,13-14,17H,3,6-8,10,15H2,1-2H3. The molecule has 2 atom stereocenters. The lowest BCUT2D eigenvalue weighted by molar-refractivity contribution is -0.0386. The van der Waals surface area contributed by atoms with Gasteiger partial charge in [-0.1, -0.05) is 13.0 Å². The van der Waals surface area contributed by atoms with Crippen molar-refractivity contribution in [3.63, 3.8) is 0 Å². The second kappa shape index (κ2) is 6.96. The molecule has 2 heterocycles. The Morgan fingerprint density at radius 1 is 1.58 bits per heavy atom. The van der Waals surface area contributed by atoms with E-state index in [-0.39, 0.29) is 12.1 Å². The lowest BCUT2D eigenvalue weighted by atomic mass is 10.0. The molecular weight excluding hydrogens is 240 g/mol. The maximum Gasteiger partial charge on any atom is 0.0872 e. The number of likely N-dealkylation sites (N-methyl/N-ethyl adjacent to an activating group) is 1. The summed E-state index contributed by atoms with van der Waals surface area (Å²) >= 11 is 0. The number of hydrogen-bond donors (Lipinski definition) is 2. The monoisotopic (exact) mass is 264 g/mol. The van der Waals surface area contributed by atoms with E-state index in [0.717, 1.165) is 38.2 Å². The zero-order valence-electron chi connectivity index (χ0n) is 11.8. The lowest BCUT2D eigenvalue weighted by Gasteiger charge is -2.34. The van der Waals surface area contributed by atoms with Crippen molar-refractivity contribution >= 4 is 0 Å². The molecule has 3 N–H and O–H groups in total. The normalized spacial score (nSPS) is 22.4. The maximum absolute atomic E-state index is 5.81. The van der Waals surface area contributed by atoms with Crippen LogP contribution in [0.4, 0.5) is 0 Å². The summed E-state index contributed by atoms with van der Waals surface area (Å²) in [6.07, 6.45) is 3.87. The fourth-order valence-corrected chi connectivity index (χ4v) is 2.36. The summed E-state index contributed by atoms with van der Waals surface area (Å²) < 4.78 is 5.81. The zero-order chi connectivity index (χ0) is 13.7. The van der Waals surface area contributed by atoms with Gasteiger partial charge in [0.25, 0.3) is 0 Å². The lowest BCUT2D eigenvalue weighted by Crippen LogP contribution is -2.54. The molecule has 0 aliphatic carbocycles. The van der Waals surface area contributed by atoms with Gasteiger partial charge in [0.2, 0.25) is 0 Å². The van der Waals surface area contributed by atoms with Gasteiger partial charge >= 0.3 is 0 Å². The Morgan fingerprint density at radius 2 is 2.42 bits per heavy atom. The largest absolute Gasteiger partial charge is 0.374 e. The summed E-state index contributed by atoms with van der Waals surface area (Å²) in [6, 6.07) is 4.31. The summed E-state index contributed by atoms with van der Waals surface area (Å²) in [6.45, 7) is 4.79. The molecule has 0 saturated carbocycles. The Hall–Kier alpha value is -1.01. The van der Waals surface area contributed by atoms with Crippen LogP contribution in [-0.4, -0.2) is 48.8 Å². The van der Waals surface area contributed by atoms with Crippen LogP contribution >= 0.6 is 0 Å². The van der Waals surface area contributed by atoms with Crippen molar-refractivity contribution in [1.29, 1.82) is 0 Å². The van der Waals surface area contributed by atoms with Gasteiger partial charge in [0.1, 0.15) is 0 Å². The van der Waals surface area contributed by atoms with Gasteiger partial charge in [-0.05, 0) is 25.1 Å². The maximum atomic E-state index is 5.81. The van der Waals surface area contributed by atoms with Crippen LogP contribution in [0.2, 0.25) is 0 Å². The van der Waals surface area contributed by atoms with Crippen LogP contribution < -0.4 is 11.3 Å². The fourth-order valence-electron chi connectivity index (χ4n) is 2.36. The summed E-state index contributed by atoms with van der Waals surface area (Å²) in [5.74, 6) is 5.68. The van der Waals surface area contributed by atoms with Crippen LogP contribution in [0.25, 0.3) is 0 Å². The van der Waals surface area contributed by atoms with Gasteiger partial charge in [0, 0.05) is 31.4 Å². The van der Waals surface area contributed by atoms with E-state index in [2.05, 4.69) is 41.4 Å². The van der Waals surface area contributed by atoms with Crippen LogP contribution in [0.5, 0.6) is 0 Å². The van der Waals surface area contributed by atoms with Gasteiger partial charge in [-0.15, -0.1) is 0 Å². The zero-order valence-corrected chi connectivity index (χ0v) is 11.8. The highest BCUT2D eigenvalue weighted by Crippen LogP contribution is 2.11. The predicted molar refractivity (Wildman–Crippen MR) is 75.7 cm³/mol. The van der Waals surface area contributed by atoms with E-state index in [0.29, 0.717) is 0 Å². The van der Waals surface area contributed by atoms with Crippen molar-refractivity contribution in [2.75, 3.05) is 26.7 Å². The average Bonchev–Trinajstić information content (AvgIpc) is 2.45. The van der Waals surface area contributed by atoms with Crippen LogP contribution in [0.3, 0.4) is 0 Å². The van der Waals surface area contributed by atoms with Crippen LogP contribution in [0.1, 0.15) is 18.2 Å². The quantitative estimate of drug-likeness (QED) is 0.593. The van der Waals surface area contributed by atoms with Gasteiger partial charge in [0.05, 0.1) is 18.8 Å². The third kappa shape index (κ3) is 3.98. The first-order chi connectivity index (χ1) is 9.22. The third-order valence-electron chi connectivity index (χ3n) is 3.68. The third-order valence-corrected chi connectivity index (χ3v) is 3.68. The van der Waals surface area contributed by atoms with Crippen LogP contribution in [0.15, 0.2) is 18.3 Å². The molecule has 1 aromatic heterocycles. The summed E-state index contributed by atoms with van der Waals surface area (Å²) in [5.41, 5.74) is 5.19. The number of nitrogens with two attached hydrogens (primary N) is 1.